The molecule has 1 saturated heterocycles. The molecule has 20 heavy (non-hydrogen) atoms. The lowest BCUT2D eigenvalue weighted by Crippen LogP contribution is -2.34. The number of halogens is 1. The van der Waals surface area contributed by atoms with Crippen LogP contribution in [0.5, 0.6) is 0 Å². The van der Waals surface area contributed by atoms with Crippen LogP contribution in [0.2, 0.25) is 0 Å². The molecule has 0 spiro atoms. The maximum atomic E-state index is 7.53. The summed E-state index contributed by atoms with van der Waals surface area (Å²) in [6, 6.07) is 6.76. The van der Waals surface area contributed by atoms with Crippen LogP contribution in [0.15, 0.2) is 22.7 Å². The van der Waals surface area contributed by atoms with Gasteiger partial charge in [0.2, 0.25) is 0 Å². The van der Waals surface area contributed by atoms with E-state index < -0.39 is 0 Å². The lowest BCUT2D eigenvalue weighted by molar-refractivity contribution is 0.430. The summed E-state index contributed by atoms with van der Waals surface area (Å²) in [7, 11) is 0. The standard InChI is InChI=1S/C16H22BrN3/c17-13-10-12(16(18)19)7-8-15(13)20-9-3-6-14(20)11-4-1-2-5-11/h7-8,10-11,14H,1-6,9H2,(H3,18,19). The van der Waals surface area contributed by atoms with Gasteiger partial charge >= 0.3 is 0 Å². The first-order valence-electron chi connectivity index (χ1n) is 7.57. The molecule has 1 heterocycles. The van der Waals surface area contributed by atoms with E-state index in [-0.39, 0.29) is 5.84 Å². The fourth-order valence-electron chi connectivity index (χ4n) is 3.83. The lowest BCUT2D eigenvalue weighted by Gasteiger charge is -2.32. The summed E-state index contributed by atoms with van der Waals surface area (Å²) in [5, 5.41) is 7.53. The Bertz CT molecular complexity index is 508. The van der Waals surface area contributed by atoms with Crippen LogP contribution in [0, 0.1) is 11.3 Å². The van der Waals surface area contributed by atoms with Gasteiger partial charge in [0.15, 0.2) is 0 Å². The summed E-state index contributed by atoms with van der Waals surface area (Å²) in [6.07, 6.45) is 8.21. The van der Waals surface area contributed by atoms with Crippen LogP contribution < -0.4 is 10.6 Å². The number of nitrogens with zero attached hydrogens (tertiary/aromatic N) is 1. The fourth-order valence-corrected chi connectivity index (χ4v) is 4.44. The molecule has 108 valence electrons. The third kappa shape index (κ3) is 2.58. The van der Waals surface area contributed by atoms with Crippen molar-refractivity contribution in [2.24, 2.45) is 11.7 Å². The van der Waals surface area contributed by atoms with Gasteiger partial charge in [-0.15, -0.1) is 0 Å². The molecule has 1 unspecified atom stereocenters. The fraction of sp³-hybridized carbons (Fsp3) is 0.562. The van der Waals surface area contributed by atoms with Gasteiger partial charge in [0, 0.05) is 22.6 Å². The average molecular weight is 336 g/mol. The van der Waals surface area contributed by atoms with Crippen LogP contribution in [0.3, 0.4) is 0 Å². The van der Waals surface area contributed by atoms with Gasteiger partial charge in [-0.2, -0.15) is 0 Å². The molecule has 0 amide bonds. The quantitative estimate of drug-likeness (QED) is 0.650. The van der Waals surface area contributed by atoms with E-state index in [0.717, 1.165) is 22.5 Å². The summed E-state index contributed by atoms with van der Waals surface area (Å²) in [5.41, 5.74) is 7.62. The van der Waals surface area contributed by atoms with Gasteiger partial charge in [-0.3, -0.25) is 5.41 Å². The zero-order chi connectivity index (χ0) is 14.1. The molecule has 1 aromatic rings. The molecule has 0 bridgehead atoms. The van der Waals surface area contributed by atoms with Crippen LogP contribution >= 0.6 is 15.9 Å². The smallest absolute Gasteiger partial charge is 0.122 e. The minimum Gasteiger partial charge on any atom is -0.384 e. The van der Waals surface area contributed by atoms with E-state index in [0.29, 0.717) is 6.04 Å². The molecule has 4 heteroatoms. The summed E-state index contributed by atoms with van der Waals surface area (Å²) < 4.78 is 1.06. The minimum absolute atomic E-state index is 0.131. The molecule has 0 radical (unpaired) electrons. The van der Waals surface area contributed by atoms with Gasteiger partial charge in [0.1, 0.15) is 5.84 Å². The molecule has 1 atom stereocenters. The number of nitrogens with one attached hydrogen (secondary N) is 1. The second-order valence-electron chi connectivity index (χ2n) is 6.03. The Balaban J connectivity index is 1.85. The maximum absolute atomic E-state index is 7.53. The van der Waals surface area contributed by atoms with Crippen LogP contribution in [-0.2, 0) is 0 Å². The Kier molecular flexibility index (Phi) is 4.01. The van der Waals surface area contributed by atoms with E-state index in [9.17, 15) is 0 Å². The summed E-state index contributed by atoms with van der Waals surface area (Å²) in [6.45, 7) is 1.15. The van der Waals surface area contributed by atoms with Gasteiger partial charge < -0.3 is 10.6 Å². The monoisotopic (exact) mass is 335 g/mol. The van der Waals surface area contributed by atoms with Crippen molar-refractivity contribution in [2.75, 3.05) is 11.4 Å². The largest absolute Gasteiger partial charge is 0.384 e. The normalized spacial score (nSPS) is 23.4. The molecular weight excluding hydrogens is 314 g/mol. The molecule has 3 rings (SSSR count). The van der Waals surface area contributed by atoms with Crippen molar-refractivity contribution in [3.8, 4) is 0 Å². The first kappa shape index (κ1) is 13.9. The molecule has 1 aliphatic heterocycles. The molecular formula is C16H22BrN3. The Labute approximate surface area is 129 Å². The highest BCUT2D eigenvalue weighted by Gasteiger charge is 2.34. The molecule has 1 saturated carbocycles. The predicted molar refractivity (Wildman–Crippen MR) is 87.5 cm³/mol. The first-order valence-corrected chi connectivity index (χ1v) is 8.36. The van der Waals surface area contributed by atoms with Gasteiger partial charge in [-0.05, 0) is 65.7 Å². The van der Waals surface area contributed by atoms with E-state index in [2.05, 4.69) is 26.9 Å². The summed E-state index contributed by atoms with van der Waals surface area (Å²) in [4.78, 5) is 2.57. The zero-order valence-corrected chi connectivity index (χ0v) is 13.3. The average Bonchev–Trinajstić information content (AvgIpc) is 3.09. The van der Waals surface area contributed by atoms with Crippen molar-refractivity contribution in [3.05, 3.63) is 28.2 Å². The van der Waals surface area contributed by atoms with E-state index in [1.807, 2.05) is 12.1 Å². The SMILES string of the molecule is N=C(N)c1ccc(N2CCCC2C2CCCC2)c(Br)c1. The van der Waals surface area contributed by atoms with E-state index in [1.165, 1.54) is 44.2 Å². The number of nitrogens with two attached hydrogens (primary N) is 1. The van der Waals surface area contributed by atoms with E-state index in [1.54, 1.807) is 0 Å². The minimum atomic E-state index is 0.131. The second-order valence-corrected chi connectivity index (χ2v) is 6.88. The summed E-state index contributed by atoms with van der Waals surface area (Å²) in [5.74, 6) is 1.00. The molecule has 2 aliphatic rings. The molecule has 0 aromatic heterocycles. The van der Waals surface area contributed by atoms with E-state index >= 15 is 0 Å². The molecule has 1 aromatic carbocycles. The number of amidine groups is 1. The van der Waals surface area contributed by atoms with Crippen molar-refractivity contribution < 1.29 is 0 Å². The van der Waals surface area contributed by atoms with Gasteiger partial charge in [0.25, 0.3) is 0 Å². The topological polar surface area (TPSA) is 53.1 Å². The molecule has 3 nitrogen and oxygen atoms in total. The third-order valence-electron chi connectivity index (χ3n) is 4.81. The van der Waals surface area contributed by atoms with E-state index in [4.69, 9.17) is 11.1 Å². The zero-order valence-electron chi connectivity index (χ0n) is 11.7. The van der Waals surface area contributed by atoms with Crippen molar-refractivity contribution in [3.63, 3.8) is 0 Å². The predicted octanol–water partition coefficient (Wildman–Crippen LogP) is 3.89. The first-order chi connectivity index (χ1) is 9.66. The molecule has 2 fully saturated rings. The van der Waals surface area contributed by atoms with Crippen LogP contribution in [0.25, 0.3) is 0 Å². The van der Waals surface area contributed by atoms with Gasteiger partial charge in [0.05, 0.1) is 5.69 Å². The number of benzene rings is 1. The highest BCUT2D eigenvalue weighted by molar-refractivity contribution is 9.10. The number of anilines is 1. The highest BCUT2D eigenvalue weighted by atomic mass is 79.9. The Hall–Kier alpha value is -1.03. The molecule has 1 aliphatic carbocycles. The number of hydrogen-bond donors (Lipinski definition) is 2. The van der Waals surface area contributed by atoms with Crippen molar-refractivity contribution in [2.45, 2.75) is 44.6 Å². The van der Waals surface area contributed by atoms with Crippen LogP contribution in [-0.4, -0.2) is 18.4 Å². The summed E-state index contributed by atoms with van der Waals surface area (Å²) >= 11 is 3.67. The lowest BCUT2D eigenvalue weighted by atomic mass is 9.95. The number of nitrogen functional groups attached to an aromatic ring is 1. The Morgan fingerprint density at radius 3 is 2.60 bits per heavy atom. The number of hydrogen-bond acceptors (Lipinski definition) is 2. The molecule has 3 N–H and O–H groups in total. The van der Waals surface area contributed by atoms with Crippen molar-refractivity contribution >= 4 is 27.5 Å². The van der Waals surface area contributed by atoms with Gasteiger partial charge in [-0.25, -0.2) is 0 Å². The second kappa shape index (κ2) is 5.76. The van der Waals surface area contributed by atoms with Crippen molar-refractivity contribution in [1.29, 1.82) is 5.41 Å². The Morgan fingerprint density at radius 2 is 1.95 bits per heavy atom. The van der Waals surface area contributed by atoms with Crippen LogP contribution in [0.4, 0.5) is 5.69 Å². The number of rotatable bonds is 3. The Morgan fingerprint density at radius 1 is 1.20 bits per heavy atom. The highest BCUT2D eigenvalue weighted by Crippen LogP contribution is 2.40. The third-order valence-corrected chi connectivity index (χ3v) is 5.45. The van der Waals surface area contributed by atoms with Crippen molar-refractivity contribution in [1.82, 2.24) is 0 Å². The van der Waals surface area contributed by atoms with Gasteiger partial charge in [-0.1, -0.05) is 12.8 Å². The van der Waals surface area contributed by atoms with Crippen LogP contribution in [0.1, 0.15) is 44.1 Å². The maximum Gasteiger partial charge on any atom is 0.122 e.